The van der Waals surface area contributed by atoms with Gasteiger partial charge in [-0.15, -0.1) is 0 Å². The van der Waals surface area contributed by atoms with Gasteiger partial charge in [-0.25, -0.2) is 0 Å². The number of fused-ring (bicyclic) bond motifs is 1. The molecule has 0 radical (unpaired) electrons. The highest BCUT2D eigenvalue weighted by atomic mass is 15.1. The van der Waals surface area contributed by atoms with E-state index < -0.39 is 0 Å². The first kappa shape index (κ1) is 25.6. The van der Waals surface area contributed by atoms with Crippen molar-refractivity contribution in [2.75, 3.05) is 4.90 Å². The Labute approximate surface area is 248 Å². The topological polar surface area (TPSA) is 3.24 Å². The normalized spacial score (nSPS) is 11.0. The van der Waals surface area contributed by atoms with Gasteiger partial charge in [0.05, 0.1) is 11.4 Å². The molecule has 0 aliphatic carbocycles. The fourth-order valence-corrected chi connectivity index (χ4v) is 5.90. The summed E-state index contributed by atoms with van der Waals surface area (Å²) in [5.41, 5.74) is 11.9. The lowest BCUT2D eigenvalue weighted by atomic mass is 9.90. The van der Waals surface area contributed by atoms with E-state index in [0.29, 0.717) is 0 Å². The molecule has 0 N–H and O–H groups in total. The van der Waals surface area contributed by atoms with Crippen molar-refractivity contribution in [1.82, 2.24) is 0 Å². The molecule has 7 aromatic carbocycles. The molecule has 0 unspecified atom stereocenters. The van der Waals surface area contributed by atoms with Gasteiger partial charge in [0.15, 0.2) is 0 Å². The zero-order valence-electron chi connectivity index (χ0n) is 23.6. The van der Waals surface area contributed by atoms with Crippen LogP contribution in [0.25, 0.3) is 44.2 Å². The average molecular weight is 535 g/mol. The number of benzene rings is 7. The molecule has 0 saturated heterocycles. The molecule has 7 aromatic rings. The van der Waals surface area contributed by atoms with Crippen LogP contribution in [0, 0.1) is 0 Å². The lowest BCUT2D eigenvalue weighted by Crippen LogP contribution is -2.14. The summed E-state index contributed by atoms with van der Waals surface area (Å²) in [5, 5.41) is 2.52. The molecule has 0 aliphatic heterocycles. The average Bonchev–Trinajstić information content (AvgIpc) is 3.06. The van der Waals surface area contributed by atoms with E-state index in [1.807, 2.05) is 0 Å². The minimum Gasteiger partial charge on any atom is -0.309 e. The molecule has 0 aliphatic rings. The minimum atomic E-state index is 1.11. The van der Waals surface area contributed by atoms with Crippen LogP contribution < -0.4 is 10.4 Å². The predicted octanol–water partition coefficient (Wildman–Crippen LogP) is 9.57. The fourth-order valence-electron chi connectivity index (χ4n) is 5.90. The largest absolute Gasteiger partial charge is 0.309 e. The molecule has 0 spiro atoms. The SMILES string of the molecule is Bc1ccc(N(c2ccc(-c3cccc4ccccc34)cc2)c2ccccc2-c2ccccc2)c(-c2ccccc2)c1. The van der Waals surface area contributed by atoms with Crippen molar-refractivity contribution in [2.45, 2.75) is 0 Å². The van der Waals surface area contributed by atoms with Gasteiger partial charge < -0.3 is 4.90 Å². The van der Waals surface area contributed by atoms with E-state index >= 15 is 0 Å². The summed E-state index contributed by atoms with van der Waals surface area (Å²) in [5.74, 6) is 0. The molecule has 0 heterocycles. The van der Waals surface area contributed by atoms with Crippen LogP contribution in [0.2, 0.25) is 0 Å². The number of anilines is 3. The molecule has 1 nitrogen and oxygen atoms in total. The number of para-hydroxylation sites is 1. The summed E-state index contributed by atoms with van der Waals surface area (Å²) in [6.07, 6.45) is 0. The van der Waals surface area contributed by atoms with Crippen LogP contribution in [0.4, 0.5) is 17.1 Å². The molecule has 0 saturated carbocycles. The molecule has 0 amide bonds. The zero-order valence-corrected chi connectivity index (χ0v) is 23.6. The maximum absolute atomic E-state index is 2.41. The van der Waals surface area contributed by atoms with E-state index in [0.717, 1.165) is 17.1 Å². The highest BCUT2D eigenvalue weighted by Crippen LogP contribution is 2.44. The van der Waals surface area contributed by atoms with E-state index in [-0.39, 0.29) is 0 Å². The number of rotatable bonds is 6. The van der Waals surface area contributed by atoms with Crippen LogP contribution in [-0.2, 0) is 0 Å². The smallest absolute Gasteiger partial charge is 0.139 e. The lowest BCUT2D eigenvalue weighted by molar-refractivity contribution is 1.29. The van der Waals surface area contributed by atoms with E-state index in [9.17, 15) is 0 Å². The van der Waals surface area contributed by atoms with Crippen LogP contribution >= 0.6 is 0 Å². The minimum absolute atomic E-state index is 1.11. The summed E-state index contributed by atoms with van der Waals surface area (Å²) >= 11 is 0. The predicted molar refractivity (Wildman–Crippen MR) is 183 cm³/mol. The summed E-state index contributed by atoms with van der Waals surface area (Å²) in [4.78, 5) is 2.41. The van der Waals surface area contributed by atoms with Crippen LogP contribution in [0.5, 0.6) is 0 Å². The maximum atomic E-state index is 2.41. The first-order valence-electron chi connectivity index (χ1n) is 14.5. The van der Waals surface area contributed by atoms with Gasteiger partial charge in [0.2, 0.25) is 0 Å². The van der Waals surface area contributed by atoms with Gasteiger partial charge >= 0.3 is 0 Å². The second-order valence-corrected chi connectivity index (χ2v) is 10.7. The fraction of sp³-hybridized carbons (Fsp3) is 0. The van der Waals surface area contributed by atoms with Gasteiger partial charge in [-0.3, -0.25) is 0 Å². The summed E-state index contributed by atoms with van der Waals surface area (Å²) in [7, 11) is 2.16. The molecule has 7 rings (SSSR count). The monoisotopic (exact) mass is 535 g/mol. The van der Waals surface area contributed by atoms with Crippen molar-refractivity contribution >= 4 is 41.1 Å². The second-order valence-electron chi connectivity index (χ2n) is 10.7. The molecule has 198 valence electrons. The molecule has 0 aromatic heterocycles. The number of nitrogens with zero attached hydrogens (tertiary/aromatic N) is 1. The van der Waals surface area contributed by atoms with Crippen LogP contribution in [0.3, 0.4) is 0 Å². The Bertz CT molecular complexity index is 1970. The molecule has 0 fully saturated rings. The highest BCUT2D eigenvalue weighted by molar-refractivity contribution is 6.33. The third kappa shape index (κ3) is 4.89. The van der Waals surface area contributed by atoms with Crippen molar-refractivity contribution in [3.63, 3.8) is 0 Å². The molecule has 0 atom stereocenters. The first-order chi connectivity index (χ1) is 20.8. The molecule has 42 heavy (non-hydrogen) atoms. The van der Waals surface area contributed by atoms with Gasteiger partial charge in [0.25, 0.3) is 0 Å². The number of hydrogen-bond acceptors (Lipinski definition) is 1. The Morgan fingerprint density at radius 2 is 0.929 bits per heavy atom. The van der Waals surface area contributed by atoms with E-state index in [2.05, 4.69) is 183 Å². The van der Waals surface area contributed by atoms with Crippen LogP contribution in [0.15, 0.2) is 170 Å². The van der Waals surface area contributed by atoms with Gasteiger partial charge in [-0.1, -0.05) is 151 Å². The van der Waals surface area contributed by atoms with Crippen LogP contribution in [-0.4, -0.2) is 7.85 Å². The van der Waals surface area contributed by atoms with Crippen molar-refractivity contribution in [2.24, 2.45) is 0 Å². The van der Waals surface area contributed by atoms with Gasteiger partial charge in [-0.2, -0.15) is 0 Å². The molecule has 0 bridgehead atoms. The van der Waals surface area contributed by atoms with E-state index in [4.69, 9.17) is 0 Å². The van der Waals surface area contributed by atoms with Crippen LogP contribution in [0.1, 0.15) is 0 Å². The van der Waals surface area contributed by atoms with E-state index in [1.54, 1.807) is 0 Å². The third-order valence-corrected chi connectivity index (χ3v) is 7.93. The lowest BCUT2D eigenvalue weighted by Gasteiger charge is -2.30. The van der Waals surface area contributed by atoms with Gasteiger partial charge in [-0.05, 0) is 57.3 Å². The Balaban J connectivity index is 1.44. The molecular formula is C40H30BN. The van der Waals surface area contributed by atoms with E-state index in [1.165, 1.54) is 49.6 Å². The Kier molecular flexibility index (Phi) is 6.88. The quantitative estimate of drug-likeness (QED) is 0.192. The first-order valence-corrected chi connectivity index (χ1v) is 14.5. The zero-order chi connectivity index (χ0) is 28.3. The standard InChI is InChI=1S/C40H30BN/c41-33-24-27-40(38(28-33)31-14-5-2-6-15-31)42(39-21-10-9-19-37(39)30-12-3-1-4-13-30)34-25-22-32(23-26-34)36-20-11-17-29-16-7-8-18-35(29)36/h1-28H,41H2. The summed E-state index contributed by atoms with van der Waals surface area (Å²) in [6, 6.07) is 61.0. The highest BCUT2D eigenvalue weighted by Gasteiger charge is 2.20. The van der Waals surface area contributed by atoms with Gasteiger partial charge in [0.1, 0.15) is 7.85 Å². The molecule has 2 heteroatoms. The maximum Gasteiger partial charge on any atom is 0.139 e. The Morgan fingerprint density at radius 1 is 0.381 bits per heavy atom. The van der Waals surface area contributed by atoms with Crippen molar-refractivity contribution in [1.29, 1.82) is 0 Å². The van der Waals surface area contributed by atoms with Gasteiger partial charge in [0, 0.05) is 16.8 Å². The summed E-state index contributed by atoms with van der Waals surface area (Å²) < 4.78 is 0. The van der Waals surface area contributed by atoms with Crippen molar-refractivity contribution in [3.8, 4) is 33.4 Å². The third-order valence-electron chi connectivity index (χ3n) is 7.93. The number of hydrogen-bond donors (Lipinski definition) is 0. The van der Waals surface area contributed by atoms with Crippen molar-refractivity contribution < 1.29 is 0 Å². The summed E-state index contributed by atoms with van der Waals surface area (Å²) in [6.45, 7) is 0. The van der Waals surface area contributed by atoms with Crippen molar-refractivity contribution in [3.05, 3.63) is 170 Å². The Morgan fingerprint density at radius 3 is 1.69 bits per heavy atom. The molecular weight excluding hydrogens is 505 g/mol. The Hall–Kier alpha value is -5.34. The second kappa shape index (κ2) is 11.3.